The Balaban J connectivity index is 1.71. The standard InChI is InChI=1S/C13H14FN5O2/c14-11-9-15-13(18-16-8-10-2-1-5-21-10)17-12(11)19-3-6-20-7-4-19/h1-2,5,8-9H,3-4,6-7H2,(H,15,17,18)/b16-8+. The van der Waals surface area contributed by atoms with Gasteiger partial charge < -0.3 is 14.1 Å². The summed E-state index contributed by atoms with van der Waals surface area (Å²) in [6.45, 7) is 2.32. The van der Waals surface area contributed by atoms with Crippen molar-refractivity contribution < 1.29 is 13.5 Å². The minimum Gasteiger partial charge on any atom is -0.463 e. The molecule has 110 valence electrons. The van der Waals surface area contributed by atoms with E-state index in [0.29, 0.717) is 32.1 Å². The topological polar surface area (TPSA) is 75.8 Å². The first-order chi connectivity index (χ1) is 10.3. The van der Waals surface area contributed by atoms with E-state index in [9.17, 15) is 4.39 Å². The Morgan fingerprint density at radius 2 is 2.24 bits per heavy atom. The van der Waals surface area contributed by atoms with Crippen LogP contribution in [0.15, 0.2) is 34.1 Å². The highest BCUT2D eigenvalue weighted by Gasteiger charge is 2.17. The third-order valence-electron chi connectivity index (χ3n) is 2.94. The van der Waals surface area contributed by atoms with Crippen LogP contribution in [0.1, 0.15) is 5.76 Å². The van der Waals surface area contributed by atoms with Gasteiger partial charge in [0.1, 0.15) is 5.76 Å². The molecule has 1 aliphatic rings. The highest BCUT2D eigenvalue weighted by Crippen LogP contribution is 2.18. The van der Waals surface area contributed by atoms with Gasteiger partial charge in [-0.05, 0) is 12.1 Å². The molecule has 0 radical (unpaired) electrons. The molecule has 0 bridgehead atoms. The number of aromatic nitrogens is 2. The minimum atomic E-state index is -0.461. The molecule has 1 saturated heterocycles. The van der Waals surface area contributed by atoms with E-state index in [1.807, 2.05) is 4.90 Å². The van der Waals surface area contributed by atoms with Gasteiger partial charge in [-0.15, -0.1) is 0 Å². The molecule has 0 saturated carbocycles. The average molecular weight is 291 g/mol. The van der Waals surface area contributed by atoms with Gasteiger partial charge in [0.2, 0.25) is 5.95 Å². The number of halogens is 1. The van der Waals surface area contributed by atoms with Crippen LogP contribution >= 0.6 is 0 Å². The van der Waals surface area contributed by atoms with Crippen molar-refractivity contribution in [1.29, 1.82) is 0 Å². The second kappa shape index (κ2) is 6.31. The predicted octanol–water partition coefficient (Wildman–Crippen LogP) is 1.49. The Kier molecular flexibility index (Phi) is 4.06. The number of nitrogens with zero attached hydrogens (tertiary/aromatic N) is 4. The van der Waals surface area contributed by atoms with Crippen LogP contribution in [0.4, 0.5) is 16.2 Å². The SMILES string of the molecule is Fc1cnc(N/N=C/c2ccco2)nc1N1CCOCC1. The predicted molar refractivity (Wildman–Crippen MR) is 74.9 cm³/mol. The molecule has 1 N–H and O–H groups in total. The molecule has 21 heavy (non-hydrogen) atoms. The van der Waals surface area contributed by atoms with E-state index in [1.165, 1.54) is 6.21 Å². The zero-order chi connectivity index (χ0) is 14.5. The summed E-state index contributed by atoms with van der Waals surface area (Å²) in [5, 5.41) is 3.94. The molecule has 0 spiro atoms. The zero-order valence-electron chi connectivity index (χ0n) is 11.2. The smallest absolute Gasteiger partial charge is 0.245 e. The van der Waals surface area contributed by atoms with E-state index >= 15 is 0 Å². The van der Waals surface area contributed by atoms with E-state index in [2.05, 4.69) is 20.5 Å². The monoisotopic (exact) mass is 291 g/mol. The van der Waals surface area contributed by atoms with E-state index in [1.54, 1.807) is 18.4 Å². The summed E-state index contributed by atoms with van der Waals surface area (Å²) in [6.07, 6.45) is 4.16. The molecular weight excluding hydrogens is 277 g/mol. The number of rotatable bonds is 4. The minimum absolute atomic E-state index is 0.223. The Morgan fingerprint density at radius 3 is 3.00 bits per heavy atom. The number of nitrogens with one attached hydrogen (secondary N) is 1. The number of anilines is 2. The van der Waals surface area contributed by atoms with Gasteiger partial charge in [0, 0.05) is 13.1 Å². The number of furan rings is 1. The Labute approximate surface area is 120 Å². The summed E-state index contributed by atoms with van der Waals surface area (Å²) in [6, 6.07) is 3.52. The van der Waals surface area contributed by atoms with Crippen LogP contribution in [0.25, 0.3) is 0 Å². The molecule has 0 aromatic carbocycles. The van der Waals surface area contributed by atoms with Gasteiger partial charge in [-0.2, -0.15) is 10.1 Å². The summed E-state index contributed by atoms with van der Waals surface area (Å²) in [5.74, 6) is 0.611. The van der Waals surface area contributed by atoms with Crippen molar-refractivity contribution in [2.75, 3.05) is 36.6 Å². The van der Waals surface area contributed by atoms with Crippen LogP contribution in [0, 0.1) is 5.82 Å². The molecule has 8 heteroatoms. The Morgan fingerprint density at radius 1 is 1.38 bits per heavy atom. The van der Waals surface area contributed by atoms with E-state index in [4.69, 9.17) is 9.15 Å². The van der Waals surface area contributed by atoms with Gasteiger partial charge >= 0.3 is 0 Å². The summed E-state index contributed by atoms with van der Waals surface area (Å²) in [4.78, 5) is 9.82. The fraction of sp³-hybridized carbons (Fsp3) is 0.308. The van der Waals surface area contributed by atoms with Crippen LogP contribution in [-0.4, -0.2) is 42.5 Å². The number of hydrazone groups is 1. The lowest BCUT2D eigenvalue weighted by molar-refractivity contribution is 0.122. The van der Waals surface area contributed by atoms with Gasteiger partial charge in [-0.3, -0.25) is 0 Å². The van der Waals surface area contributed by atoms with Gasteiger partial charge in [-0.25, -0.2) is 14.8 Å². The maximum absolute atomic E-state index is 13.8. The molecule has 2 aromatic rings. The average Bonchev–Trinajstić information content (AvgIpc) is 3.03. The largest absolute Gasteiger partial charge is 0.463 e. The lowest BCUT2D eigenvalue weighted by Crippen LogP contribution is -2.37. The van der Waals surface area contributed by atoms with Crippen molar-refractivity contribution in [3.63, 3.8) is 0 Å². The van der Waals surface area contributed by atoms with Crippen LogP contribution in [0.3, 0.4) is 0 Å². The first kappa shape index (κ1) is 13.5. The van der Waals surface area contributed by atoms with Crippen LogP contribution in [0.5, 0.6) is 0 Å². The molecular formula is C13H14FN5O2. The first-order valence-electron chi connectivity index (χ1n) is 6.51. The molecule has 3 heterocycles. The summed E-state index contributed by atoms with van der Waals surface area (Å²) < 4.78 is 24.1. The quantitative estimate of drug-likeness (QED) is 0.679. The van der Waals surface area contributed by atoms with Crippen LogP contribution in [-0.2, 0) is 4.74 Å². The molecule has 0 unspecified atom stereocenters. The molecule has 1 aliphatic heterocycles. The third kappa shape index (κ3) is 3.34. The van der Waals surface area contributed by atoms with Crippen molar-refractivity contribution in [3.8, 4) is 0 Å². The maximum atomic E-state index is 13.8. The molecule has 3 rings (SSSR count). The molecule has 1 fully saturated rings. The third-order valence-corrected chi connectivity index (χ3v) is 2.94. The first-order valence-corrected chi connectivity index (χ1v) is 6.51. The normalized spacial score (nSPS) is 15.6. The Bertz CT molecular complexity index is 611. The zero-order valence-corrected chi connectivity index (χ0v) is 11.2. The summed E-state index contributed by atoms with van der Waals surface area (Å²) in [7, 11) is 0. The number of hydrogen-bond donors (Lipinski definition) is 1. The second-order valence-corrected chi connectivity index (χ2v) is 4.35. The second-order valence-electron chi connectivity index (χ2n) is 4.35. The molecule has 0 atom stereocenters. The highest BCUT2D eigenvalue weighted by molar-refractivity contribution is 5.76. The van der Waals surface area contributed by atoms with Crippen molar-refractivity contribution in [1.82, 2.24) is 9.97 Å². The van der Waals surface area contributed by atoms with Crippen molar-refractivity contribution >= 4 is 18.0 Å². The summed E-state index contributed by atoms with van der Waals surface area (Å²) >= 11 is 0. The van der Waals surface area contributed by atoms with Gasteiger partial charge in [0.15, 0.2) is 11.6 Å². The maximum Gasteiger partial charge on any atom is 0.245 e. The van der Waals surface area contributed by atoms with Crippen LogP contribution in [0.2, 0.25) is 0 Å². The van der Waals surface area contributed by atoms with Crippen molar-refractivity contribution in [2.24, 2.45) is 5.10 Å². The molecule has 0 aliphatic carbocycles. The van der Waals surface area contributed by atoms with Gasteiger partial charge in [0.25, 0.3) is 0 Å². The summed E-state index contributed by atoms with van der Waals surface area (Å²) in [5.41, 5.74) is 2.65. The van der Waals surface area contributed by atoms with E-state index in [0.717, 1.165) is 6.20 Å². The van der Waals surface area contributed by atoms with Crippen molar-refractivity contribution in [2.45, 2.75) is 0 Å². The van der Waals surface area contributed by atoms with Crippen molar-refractivity contribution in [3.05, 3.63) is 36.2 Å². The van der Waals surface area contributed by atoms with Gasteiger partial charge in [-0.1, -0.05) is 0 Å². The van der Waals surface area contributed by atoms with Gasteiger partial charge in [0.05, 0.1) is 31.9 Å². The Hall–Kier alpha value is -2.48. The number of hydrogen-bond acceptors (Lipinski definition) is 7. The highest BCUT2D eigenvalue weighted by atomic mass is 19.1. The number of ether oxygens (including phenoxy) is 1. The van der Waals surface area contributed by atoms with E-state index < -0.39 is 5.82 Å². The fourth-order valence-electron chi connectivity index (χ4n) is 1.93. The molecule has 7 nitrogen and oxygen atoms in total. The molecule has 2 aromatic heterocycles. The lowest BCUT2D eigenvalue weighted by Gasteiger charge is -2.27. The van der Waals surface area contributed by atoms with E-state index in [-0.39, 0.29) is 11.8 Å². The lowest BCUT2D eigenvalue weighted by atomic mass is 10.4. The van der Waals surface area contributed by atoms with Crippen LogP contribution < -0.4 is 10.3 Å². The number of morpholine rings is 1. The fourth-order valence-corrected chi connectivity index (χ4v) is 1.93. The molecule has 0 amide bonds.